The zero-order valence-electron chi connectivity index (χ0n) is 4.94. The van der Waals surface area contributed by atoms with Crippen LogP contribution >= 0.6 is 43.5 Å². The molecule has 0 aliphatic carbocycles. The predicted molar refractivity (Wildman–Crippen MR) is 49.2 cm³/mol. The van der Waals surface area contributed by atoms with E-state index in [1.165, 1.54) is 0 Å². The Labute approximate surface area is 81.1 Å². The van der Waals surface area contributed by atoms with Crippen LogP contribution in [0.25, 0.3) is 0 Å². The fourth-order valence-corrected chi connectivity index (χ4v) is 1.29. The van der Waals surface area contributed by atoms with Crippen molar-refractivity contribution >= 4 is 43.5 Å². The summed E-state index contributed by atoms with van der Waals surface area (Å²) >= 11 is 12.2. The standard InChI is InChI=1S/C6H4Br2ClN/c7-5-1-4(2-9)3-10-6(5)8/h1,3H,2H2. The smallest absolute Gasteiger partial charge is 0.120 e. The van der Waals surface area contributed by atoms with E-state index in [1.54, 1.807) is 6.20 Å². The van der Waals surface area contributed by atoms with Gasteiger partial charge in [-0.25, -0.2) is 4.98 Å². The van der Waals surface area contributed by atoms with Crippen LogP contribution < -0.4 is 0 Å². The van der Waals surface area contributed by atoms with Gasteiger partial charge in [0.1, 0.15) is 4.60 Å². The van der Waals surface area contributed by atoms with Gasteiger partial charge in [0.2, 0.25) is 0 Å². The Morgan fingerprint density at radius 3 is 2.70 bits per heavy atom. The monoisotopic (exact) mass is 283 g/mol. The minimum atomic E-state index is 0.499. The molecule has 0 saturated carbocycles. The van der Waals surface area contributed by atoms with Gasteiger partial charge in [0.05, 0.1) is 4.47 Å². The van der Waals surface area contributed by atoms with Gasteiger partial charge in [0.25, 0.3) is 0 Å². The van der Waals surface area contributed by atoms with Gasteiger partial charge in [0.15, 0.2) is 0 Å². The summed E-state index contributed by atoms with van der Waals surface area (Å²) in [6.07, 6.45) is 1.74. The Hall–Kier alpha value is 0.400. The molecule has 0 aromatic carbocycles. The summed E-state index contributed by atoms with van der Waals surface area (Å²) in [5, 5.41) is 0. The summed E-state index contributed by atoms with van der Waals surface area (Å²) < 4.78 is 1.74. The van der Waals surface area contributed by atoms with Crippen molar-refractivity contribution in [3.8, 4) is 0 Å². The molecule has 0 fully saturated rings. The van der Waals surface area contributed by atoms with Crippen molar-refractivity contribution < 1.29 is 0 Å². The van der Waals surface area contributed by atoms with E-state index in [-0.39, 0.29) is 0 Å². The van der Waals surface area contributed by atoms with Crippen LogP contribution in [0.3, 0.4) is 0 Å². The van der Waals surface area contributed by atoms with Gasteiger partial charge >= 0.3 is 0 Å². The lowest BCUT2D eigenvalue weighted by molar-refractivity contribution is 1.19. The molecule has 10 heavy (non-hydrogen) atoms. The number of pyridine rings is 1. The normalized spacial score (nSPS) is 9.90. The van der Waals surface area contributed by atoms with Crippen LogP contribution in [-0.4, -0.2) is 4.98 Å². The molecule has 0 bridgehead atoms. The summed E-state index contributed by atoms with van der Waals surface area (Å²) in [4.78, 5) is 4.03. The molecule has 1 aromatic rings. The lowest BCUT2D eigenvalue weighted by Gasteiger charge is -1.96. The summed E-state index contributed by atoms with van der Waals surface area (Å²) in [6.45, 7) is 0. The van der Waals surface area contributed by atoms with Crippen molar-refractivity contribution in [2.45, 2.75) is 5.88 Å². The fraction of sp³-hybridized carbons (Fsp3) is 0.167. The highest BCUT2D eigenvalue weighted by Crippen LogP contribution is 2.21. The Bertz CT molecular complexity index is 239. The molecule has 0 radical (unpaired) electrons. The van der Waals surface area contributed by atoms with Crippen molar-refractivity contribution in [1.82, 2.24) is 4.98 Å². The minimum Gasteiger partial charge on any atom is -0.248 e. The SMILES string of the molecule is ClCc1cnc(Br)c(Br)c1. The van der Waals surface area contributed by atoms with E-state index in [0.717, 1.165) is 14.6 Å². The van der Waals surface area contributed by atoms with Crippen LogP contribution in [-0.2, 0) is 5.88 Å². The average Bonchev–Trinajstić information content (AvgIpc) is 1.95. The second kappa shape index (κ2) is 3.69. The molecular weight excluding hydrogens is 281 g/mol. The van der Waals surface area contributed by atoms with Gasteiger partial charge < -0.3 is 0 Å². The molecular formula is C6H4Br2ClN. The zero-order valence-corrected chi connectivity index (χ0v) is 8.87. The first-order valence-electron chi connectivity index (χ1n) is 2.60. The minimum absolute atomic E-state index is 0.499. The predicted octanol–water partition coefficient (Wildman–Crippen LogP) is 3.35. The van der Waals surface area contributed by atoms with E-state index < -0.39 is 0 Å². The quantitative estimate of drug-likeness (QED) is 0.569. The maximum atomic E-state index is 5.58. The van der Waals surface area contributed by atoms with Crippen LogP contribution in [0, 0.1) is 0 Å². The lowest BCUT2D eigenvalue weighted by atomic mass is 10.3. The van der Waals surface area contributed by atoms with Gasteiger partial charge in [-0.2, -0.15) is 0 Å². The molecule has 1 rings (SSSR count). The zero-order chi connectivity index (χ0) is 7.56. The second-order valence-corrected chi connectivity index (χ2v) is 3.62. The molecule has 1 nitrogen and oxygen atoms in total. The van der Waals surface area contributed by atoms with Gasteiger partial charge in [-0.1, -0.05) is 0 Å². The maximum absolute atomic E-state index is 5.58. The van der Waals surface area contributed by atoms with Crippen LogP contribution in [0.1, 0.15) is 5.56 Å². The topological polar surface area (TPSA) is 12.9 Å². The Kier molecular flexibility index (Phi) is 3.14. The van der Waals surface area contributed by atoms with E-state index in [4.69, 9.17) is 11.6 Å². The first-order chi connectivity index (χ1) is 4.74. The van der Waals surface area contributed by atoms with Gasteiger partial charge in [-0.3, -0.25) is 0 Å². The van der Waals surface area contributed by atoms with E-state index in [9.17, 15) is 0 Å². The van der Waals surface area contributed by atoms with E-state index in [0.29, 0.717) is 5.88 Å². The number of halogens is 3. The molecule has 0 aliphatic rings. The Morgan fingerprint density at radius 1 is 1.50 bits per heavy atom. The molecule has 54 valence electrons. The first-order valence-corrected chi connectivity index (χ1v) is 4.72. The van der Waals surface area contributed by atoms with Crippen molar-refractivity contribution in [1.29, 1.82) is 0 Å². The highest BCUT2D eigenvalue weighted by atomic mass is 79.9. The molecule has 0 amide bonds. The van der Waals surface area contributed by atoms with Crippen molar-refractivity contribution in [3.63, 3.8) is 0 Å². The molecule has 1 heterocycles. The first kappa shape index (κ1) is 8.50. The highest BCUT2D eigenvalue weighted by molar-refractivity contribution is 9.13. The van der Waals surface area contributed by atoms with Crippen LogP contribution in [0.5, 0.6) is 0 Å². The molecule has 0 unspecified atom stereocenters. The largest absolute Gasteiger partial charge is 0.248 e. The highest BCUT2D eigenvalue weighted by Gasteiger charge is 1.97. The molecule has 4 heteroatoms. The fourth-order valence-electron chi connectivity index (χ4n) is 0.534. The van der Waals surface area contributed by atoms with Crippen molar-refractivity contribution in [2.24, 2.45) is 0 Å². The van der Waals surface area contributed by atoms with E-state index >= 15 is 0 Å². The molecule has 0 aliphatic heterocycles. The number of alkyl halides is 1. The van der Waals surface area contributed by atoms with Gasteiger partial charge in [0, 0.05) is 12.1 Å². The third-order valence-electron chi connectivity index (χ3n) is 1.01. The Balaban J connectivity index is 3.04. The summed E-state index contributed by atoms with van der Waals surface area (Å²) in [6, 6.07) is 1.93. The number of aromatic nitrogens is 1. The molecule has 0 spiro atoms. The molecule has 0 saturated heterocycles. The Morgan fingerprint density at radius 2 is 2.20 bits per heavy atom. The van der Waals surface area contributed by atoms with E-state index in [2.05, 4.69) is 36.8 Å². The van der Waals surface area contributed by atoms with Crippen LogP contribution in [0.4, 0.5) is 0 Å². The lowest BCUT2D eigenvalue weighted by Crippen LogP contribution is -1.82. The van der Waals surface area contributed by atoms with Crippen molar-refractivity contribution in [3.05, 3.63) is 26.9 Å². The maximum Gasteiger partial charge on any atom is 0.120 e. The summed E-state index contributed by atoms with van der Waals surface area (Å²) in [5.74, 6) is 0.499. The average molecular weight is 285 g/mol. The third-order valence-corrected chi connectivity index (χ3v) is 3.08. The van der Waals surface area contributed by atoms with Crippen LogP contribution in [0.15, 0.2) is 21.3 Å². The number of nitrogens with zero attached hydrogens (tertiary/aromatic N) is 1. The summed E-state index contributed by atoms with van der Waals surface area (Å²) in [7, 11) is 0. The van der Waals surface area contributed by atoms with Gasteiger partial charge in [-0.15, -0.1) is 11.6 Å². The number of hydrogen-bond acceptors (Lipinski definition) is 1. The number of rotatable bonds is 1. The molecule has 0 atom stereocenters. The number of hydrogen-bond donors (Lipinski definition) is 0. The van der Waals surface area contributed by atoms with E-state index in [1.807, 2.05) is 6.07 Å². The second-order valence-electron chi connectivity index (χ2n) is 1.75. The third kappa shape index (κ3) is 1.94. The molecule has 0 N–H and O–H groups in total. The molecule has 1 aromatic heterocycles. The van der Waals surface area contributed by atoms with Crippen LogP contribution in [0.2, 0.25) is 0 Å². The van der Waals surface area contributed by atoms with Gasteiger partial charge in [-0.05, 0) is 43.5 Å². The summed E-state index contributed by atoms with van der Waals surface area (Å²) in [5.41, 5.74) is 1.01. The van der Waals surface area contributed by atoms with Crippen molar-refractivity contribution in [2.75, 3.05) is 0 Å².